The zero-order valence-electron chi connectivity index (χ0n) is 16.1. The zero-order chi connectivity index (χ0) is 21.1. The molecule has 1 N–H and O–H groups in total. The number of imide groups is 1. The molecule has 0 aliphatic carbocycles. The highest BCUT2D eigenvalue weighted by Gasteiger charge is 2.37. The van der Waals surface area contributed by atoms with E-state index in [1.165, 1.54) is 26.4 Å². The number of methoxy groups -OCH3 is 2. The fraction of sp³-hybridized carbons (Fsp3) is 0.190. The summed E-state index contributed by atoms with van der Waals surface area (Å²) in [7, 11) is 2.74. The van der Waals surface area contributed by atoms with Crippen LogP contribution in [0.5, 0.6) is 11.5 Å². The van der Waals surface area contributed by atoms with Crippen LogP contribution in [0, 0.1) is 0 Å². The van der Waals surface area contributed by atoms with Crippen LogP contribution in [0.2, 0.25) is 0 Å². The van der Waals surface area contributed by atoms with Gasteiger partial charge in [0.15, 0.2) is 11.5 Å². The van der Waals surface area contributed by atoms with Crippen molar-refractivity contribution in [2.24, 2.45) is 0 Å². The Morgan fingerprint density at radius 1 is 1.14 bits per heavy atom. The van der Waals surface area contributed by atoms with Gasteiger partial charge in [0, 0.05) is 0 Å². The maximum Gasteiger partial charge on any atom is 0.340 e. The fourth-order valence-corrected chi connectivity index (χ4v) is 3.95. The topological polar surface area (TPSA) is 93.1 Å². The number of amides is 2. The minimum absolute atomic E-state index is 0.0457. The van der Waals surface area contributed by atoms with Crippen LogP contribution < -0.4 is 14.4 Å². The van der Waals surface area contributed by atoms with Crippen LogP contribution >= 0.6 is 11.8 Å². The number of hydrogen-bond donors (Lipinski definition) is 1. The van der Waals surface area contributed by atoms with E-state index in [2.05, 4.69) is 0 Å². The Morgan fingerprint density at radius 2 is 1.86 bits per heavy atom. The highest BCUT2D eigenvalue weighted by atomic mass is 32.2. The van der Waals surface area contributed by atoms with Crippen molar-refractivity contribution < 1.29 is 29.0 Å². The van der Waals surface area contributed by atoms with Crippen molar-refractivity contribution in [2.75, 3.05) is 19.1 Å². The lowest BCUT2D eigenvalue weighted by Crippen LogP contribution is -2.28. The average Bonchev–Trinajstić information content (AvgIpc) is 2.99. The summed E-state index contributed by atoms with van der Waals surface area (Å²) in [6, 6.07) is 10.3. The smallest absolute Gasteiger partial charge is 0.340 e. The van der Waals surface area contributed by atoms with Crippen molar-refractivity contribution >= 4 is 40.6 Å². The van der Waals surface area contributed by atoms with E-state index in [0.717, 1.165) is 22.2 Å². The summed E-state index contributed by atoms with van der Waals surface area (Å²) < 4.78 is 10.3. The molecule has 0 unspecified atom stereocenters. The number of aryl methyl sites for hydroxylation is 1. The quantitative estimate of drug-likeness (QED) is 0.709. The second-order valence-electron chi connectivity index (χ2n) is 6.07. The molecule has 2 amide bonds. The molecule has 1 aliphatic heterocycles. The maximum absolute atomic E-state index is 13.0. The van der Waals surface area contributed by atoms with Crippen LogP contribution in [0.4, 0.5) is 10.5 Å². The van der Waals surface area contributed by atoms with Crippen LogP contribution in [0.3, 0.4) is 0 Å². The molecule has 1 saturated heterocycles. The summed E-state index contributed by atoms with van der Waals surface area (Å²) in [5.41, 5.74) is 1.50. The molecule has 1 aliphatic rings. The molecule has 150 valence electrons. The molecule has 0 atom stereocenters. The van der Waals surface area contributed by atoms with Gasteiger partial charge < -0.3 is 14.6 Å². The van der Waals surface area contributed by atoms with E-state index >= 15 is 0 Å². The lowest BCUT2D eigenvalue weighted by Gasteiger charge is -2.16. The molecule has 29 heavy (non-hydrogen) atoms. The molecular weight excluding hydrogens is 394 g/mol. The summed E-state index contributed by atoms with van der Waals surface area (Å²) in [4.78, 5) is 38.6. The average molecular weight is 413 g/mol. The van der Waals surface area contributed by atoms with Crippen LogP contribution in [0.1, 0.15) is 28.4 Å². The molecule has 0 aromatic heterocycles. The Morgan fingerprint density at radius 3 is 2.48 bits per heavy atom. The predicted octanol–water partition coefficient (Wildman–Crippen LogP) is 4.21. The number of aromatic carboxylic acids is 1. The first-order chi connectivity index (χ1) is 13.9. The molecule has 8 heteroatoms. The van der Waals surface area contributed by atoms with E-state index in [1.54, 1.807) is 18.2 Å². The summed E-state index contributed by atoms with van der Waals surface area (Å²) in [6.07, 6.45) is 2.06. The van der Waals surface area contributed by atoms with Crippen LogP contribution in [-0.4, -0.2) is 36.4 Å². The molecule has 3 rings (SSSR count). The molecular formula is C21H19NO6S. The van der Waals surface area contributed by atoms with Gasteiger partial charge in [0.2, 0.25) is 0 Å². The predicted molar refractivity (Wildman–Crippen MR) is 111 cm³/mol. The summed E-state index contributed by atoms with van der Waals surface area (Å²) >= 11 is 0.768. The van der Waals surface area contributed by atoms with Gasteiger partial charge in [0.1, 0.15) is 5.56 Å². The van der Waals surface area contributed by atoms with E-state index in [9.17, 15) is 19.5 Å². The fourth-order valence-electron chi connectivity index (χ4n) is 3.13. The monoisotopic (exact) mass is 413 g/mol. The molecule has 2 aromatic carbocycles. The van der Waals surface area contributed by atoms with Gasteiger partial charge in [-0.1, -0.05) is 31.2 Å². The first-order valence-electron chi connectivity index (χ1n) is 8.77. The first-order valence-corrected chi connectivity index (χ1v) is 9.58. The van der Waals surface area contributed by atoms with Crippen LogP contribution in [-0.2, 0) is 11.2 Å². The first kappa shape index (κ1) is 20.5. The van der Waals surface area contributed by atoms with E-state index in [1.807, 2.05) is 19.1 Å². The lowest BCUT2D eigenvalue weighted by atomic mass is 10.0. The highest BCUT2D eigenvalue weighted by Crippen LogP contribution is 2.39. The third-order valence-electron chi connectivity index (χ3n) is 4.49. The molecule has 0 bridgehead atoms. The van der Waals surface area contributed by atoms with Gasteiger partial charge in [-0.2, -0.15) is 0 Å². The number of rotatable bonds is 6. The van der Waals surface area contributed by atoms with Crippen molar-refractivity contribution in [3.63, 3.8) is 0 Å². The van der Waals surface area contributed by atoms with E-state index in [4.69, 9.17) is 9.47 Å². The molecule has 7 nitrogen and oxygen atoms in total. The van der Waals surface area contributed by atoms with Gasteiger partial charge in [0.25, 0.3) is 11.1 Å². The number of para-hydroxylation sites is 1. The van der Waals surface area contributed by atoms with Crippen molar-refractivity contribution in [1.82, 2.24) is 0 Å². The number of benzene rings is 2. The highest BCUT2D eigenvalue weighted by molar-refractivity contribution is 8.19. The van der Waals surface area contributed by atoms with Crippen molar-refractivity contribution in [2.45, 2.75) is 13.3 Å². The maximum atomic E-state index is 13.0. The van der Waals surface area contributed by atoms with Crippen molar-refractivity contribution in [1.29, 1.82) is 0 Å². The normalized spacial score (nSPS) is 15.1. The second kappa shape index (κ2) is 8.40. The standard InChI is InChI=1S/C21H19NO6S/c1-4-12-7-5-6-8-14(12)22-19(23)16(29-21(22)26)11-13-9-10-15(27-2)18(28-3)17(13)20(24)25/h5-11H,4H2,1-3H3,(H,24,25)/b16-11+. The SMILES string of the molecule is CCc1ccccc1N1C(=O)S/C(=C/c2ccc(OC)c(OC)c2C(=O)O)C1=O. The number of anilines is 1. The Labute approximate surface area is 171 Å². The largest absolute Gasteiger partial charge is 0.493 e. The summed E-state index contributed by atoms with van der Waals surface area (Å²) in [5.74, 6) is -1.43. The molecule has 0 saturated carbocycles. The van der Waals surface area contributed by atoms with Gasteiger partial charge >= 0.3 is 5.97 Å². The van der Waals surface area contributed by atoms with Gasteiger partial charge in [-0.15, -0.1) is 0 Å². The molecule has 2 aromatic rings. The third kappa shape index (κ3) is 3.71. The second-order valence-corrected chi connectivity index (χ2v) is 7.06. The van der Waals surface area contributed by atoms with E-state index in [0.29, 0.717) is 12.1 Å². The Bertz CT molecular complexity index is 1030. The molecule has 1 heterocycles. The van der Waals surface area contributed by atoms with Gasteiger partial charge in [0.05, 0.1) is 24.8 Å². The number of ether oxygens (including phenoxy) is 2. The van der Waals surface area contributed by atoms with Gasteiger partial charge in [-0.05, 0) is 47.5 Å². The minimum Gasteiger partial charge on any atom is -0.493 e. The minimum atomic E-state index is -1.23. The molecule has 0 spiro atoms. The zero-order valence-corrected chi connectivity index (χ0v) is 16.9. The number of carbonyl (C=O) groups is 3. The molecule has 0 radical (unpaired) electrons. The van der Waals surface area contributed by atoms with E-state index < -0.39 is 17.1 Å². The van der Waals surface area contributed by atoms with Crippen molar-refractivity contribution in [3.05, 3.63) is 58.0 Å². The number of carboxylic acids is 1. The van der Waals surface area contributed by atoms with Crippen molar-refractivity contribution in [3.8, 4) is 11.5 Å². The van der Waals surface area contributed by atoms with Crippen LogP contribution in [0.15, 0.2) is 41.3 Å². The number of thioether (sulfide) groups is 1. The Hall–Kier alpha value is -3.26. The third-order valence-corrected chi connectivity index (χ3v) is 5.36. The summed E-state index contributed by atoms with van der Waals surface area (Å²) in [6.45, 7) is 1.94. The number of hydrogen-bond acceptors (Lipinski definition) is 6. The Balaban J connectivity index is 2.08. The van der Waals surface area contributed by atoms with Gasteiger partial charge in [-0.3, -0.25) is 9.59 Å². The van der Waals surface area contributed by atoms with E-state index in [-0.39, 0.29) is 27.5 Å². The van der Waals surface area contributed by atoms with Crippen LogP contribution in [0.25, 0.3) is 6.08 Å². The number of carbonyl (C=O) groups excluding carboxylic acids is 2. The lowest BCUT2D eigenvalue weighted by molar-refractivity contribution is -0.113. The summed E-state index contributed by atoms with van der Waals surface area (Å²) in [5, 5.41) is 9.22. The molecule has 1 fully saturated rings. The van der Waals surface area contributed by atoms with Gasteiger partial charge in [-0.25, -0.2) is 9.69 Å². The number of nitrogens with zero attached hydrogens (tertiary/aromatic N) is 1. The Kier molecular flexibility index (Phi) is 5.93. The number of carboxylic acid groups (broad SMARTS) is 1.